The van der Waals surface area contributed by atoms with Crippen LogP contribution in [0.3, 0.4) is 0 Å². The summed E-state index contributed by atoms with van der Waals surface area (Å²) < 4.78 is 126. The summed E-state index contributed by atoms with van der Waals surface area (Å²) in [4.78, 5) is 9.42. The summed E-state index contributed by atoms with van der Waals surface area (Å²) in [5.74, 6) is 0. The Morgan fingerprint density at radius 1 is 0.411 bits per heavy atom. The molecule has 6 aliphatic rings. The van der Waals surface area contributed by atoms with Crippen molar-refractivity contribution in [2.24, 2.45) is 0 Å². The Labute approximate surface area is 912 Å². The summed E-state index contributed by atoms with van der Waals surface area (Å²) in [5, 5.41) is 13.4. The van der Waals surface area contributed by atoms with Gasteiger partial charge in [-0.1, -0.05) is 287 Å². The van der Waals surface area contributed by atoms with Gasteiger partial charge in [-0.15, -0.1) is 0 Å². The number of ether oxygens (including phenoxy) is 2. The Bertz CT molecular complexity index is 7340. The molecule has 0 fully saturated rings. The first-order valence-electron chi connectivity index (χ1n) is 48.1. The van der Waals surface area contributed by atoms with Crippen LogP contribution < -0.4 is 14.7 Å². The molecule has 4 aliphatic heterocycles. The third kappa shape index (κ3) is 23.2. The molecule has 0 unspecified atom stereocenters. The van der Waals surface area contributed by atoms with Gasteiger partial charge in [0.2, 0.25) is 11.4 Å². The zero-order valence-corrected chi connectivity index (χ0v) is 92.9. The Hall–Kier alpha value is -9.44. The zero-order chi connectivity index (χ0) is 105. The summed E-state index contributed by atoms with van der Waals surface area (Å²) >= 11 is 49.4. The molecule has 18 rings (SSSR count). The molecule has 0 bridgehead atoms. The van der Waals surface area contributed by atoms with Crippen LogP contribution in [0, 0.1) is 4.58 Å². The van der Waals surface area contributed by atoms with E-state index in [2.05, 4.69) is 348 Å². The van der Waals surface area contributed by atoms with Crippen LogP contribution in [0.5, 0.6) is 0 Å². The van der Waals surface area contributed by atoms with Crippen molar-refractivity contribution in [3.63, 3.8) is 0 Å². The first-order chi connectivity index (χ1) is 68.8. The maximum atomic E-state index is 11.8. The molecule has 0 spiro atoms. The molecule has 29 heteroatoms. The second-order valence-electron chi connectivity index (χ2n) is 38.3. The third-order valence-electron chi connectivity index (χ3n) is 27.7. The van der Waals surface area contributed by atoms with E-state index in [9.17, 15) is 43.2 Å². The van der Waals surface area contributed by atoms with Gasteiger partial charge in [-0.25, -0.2) is 0 Å². The van der Waals surface area contributed by atoms with E-state index >= 15 is 0 Å². The van der Waals surface area contributed by atoms with Crippen LogP contribution >= 0.6 is 58.0 Å². The van der Waals surface area contributed by atoms with Crippen molar-refractivity contribution >= 4 is 217 Å². The molecule has 0 saturated heterocycles. The summed E-state index contributed by atoms with van der Waals surface area (Å²) in [6.45, 7) is 28.4. The fourth-order valence-corrected chi connectivity index (χ4v) is 24.7. The Balaban J connectivity index is 0.000000183. The topological polar surface area (TPSA) is 102 Å². The van der Waals surface area contributed by atoms with Crippen molar-refractivity contribution in [3.8, 4) is 0 Å². The maximum Gasteiger partial charge on any atom is 3.00 e. The number of rotatable bonds is 23. The number of nitrogens with zero attached hydrogens (tertiary/aromatic N) is 5. The first kappa shape index (κ1) is 114. The van der Waals surface area contributed by atoms with Crippen LogP contribution in [0.4, 0.5) is 60.5 Å². The predicted octanol–water partition coefficient (Wildman–Crippen LogP) is 32.5. The minimum atomic E-state index is -6.51. The molecular weight excluding hydrogens is 2110 g/mol. The summed E-state index contributed by atoms with van der Waals surface area (Å²) in [6, 6.07) is 82.2. The predicted molar refractivity (Wildman–Crippen MR) is 599 cm³/mol. The van der Waals surface area contributed by atoms with Crippen LogP contribution in [0.1, 0.15) is 156 Å². The van der Waals surface area contributed by atoms with E-state index in [1.54, 1.807) is 38.5 Å². The molecule has 0 atom stereocenters. The number of halogens is 11. The number of para-hydroxylation sites is 2. The monoisotopic (exact) mass is 2220 g/mol. The Kier molecular flexibility index (Phi) is 36.9. The van der Waals surface area contributed by atoms with E-state index < -0.39 is 35.3 Å². The molecule has 11 nitrogen and oxygen atoms in total. The number of hydrogen-bond donors (Lipinski definition) is 0. The number of benzene rings is 12. The van der Waals surface area contributed by atoms with E-state index in [-0.39, 0.29) is 45.1 Å². The fourth-order valence-electron chi connectivity index (χ4n) is 20.4. The largest absolute Gasteiger partial charge is 3.00 e. The van der Waals surface area contributed by atoms with Crippen molar-refractivity contribution in [1.82, 2.24) is 0 Å². The molecule has 4 heterocycles. The second-order valence-corrected chi connectivity index (χ2v) is 46.3. The summed E-state index contributed by atoms with van der Waals surface area (Å²) in [5.41, 5.74) is 12.1. The minimum Gasteiger partial charge on any atom is -0.780 e. The second kappa shape index (κ2) is 47.4. The van der Waals surface area contributed by atoms with Crippen LogP contribution in [0.15, 0.2) is 343 Å². The number of allylic oxidation sites excluding steroid dienone is 15. The molecule has 146 heavy (non-hydrogen) atoms. The Morgan fingerprint density at radius 3 is 1.17 bits per heavy atom. The average Bonchev–Trinajstić information content (AvgIpc) is 1.58. The normalized spacial score (nSPS) is 17.3. The molecule has 0 N–H and O–H groups in total. The van der Waals surface area contributed by atoms with E-state index in [4.69, 9.17) is 118 Å². The minimum absolute atomic E-state index is 0. The van der Waals surface area contributed by atoms with Crippen molar-refractivity contribution < 1.29 is 78.3 Å². The Morgan fingerprint density at radius 2 is 0.774 bits per heavy atom. The van der Waals surface area contributed by atoms with Crippen molar-refractivity contribution in [2.45, 2.75) is 186 Å². The molecule has 1 radical (unpaired) electrons. The summed E-state index contributed by atoms with van der Waals surface area (Å²) in [6.07, 6.45) is 28.7. The van der Waals surface area contributed by atoms with E-state index in [0.717, 1.165) is 89.0 Å². The van der Waals surface area contributed by atoms with Crippen LogP contribution in [-0.2, 0) is 118 Å². The molecule has 767 valence electrons. The van der Waals surface area contributed by atoms with Crippen molar-refractivity contribution in [1.29, 1.82) is 0 Å². The first-order valence-corrected chi connectivity index (χ1v) is 54.6. The number of unbranched alkanes of at least 4 members (excludes halogenated alkanes) is 2. The van der Waals surface area contributed by atoms with Crippen molar-refractivity contribution in [2.75, 3.05) is 68.3 Å². The maximum absolute atomic E-state index is 11.8. The van der Waals surface area contributed by atoms with Crippen LogP contribution in [0.2, 0.25) is 20.1 Å². The van der Waals surface area contributed by atoms with Gasteiger partial charge in [0, 0.05) is 139 Å². The molecule has 0 aromatic heterocycles. The van der Waals surface area contributed by atoms with Crippen molar-refractivity contribution in [3.05, 3.63) is 370 Å². The van der Waals surface area contributed by atoms with Gasteiger partial charge >= 0.3 is 27.5 Å². The molecule has 0 saturated carbocycles. The molecule has 12 aromatic rings. The van der Waals surface area contributed by atoms with Crippen LogP contribution in [0.25, 0.3) is 43.1 Å². The molecule has 2 aliphatic carbocycles. The number of fused-ring (bicyclic) bond motifs is 12. The van der Waals surface area contributed by atoms with E-state index in [1.807, 2.05) is 0 Å². The number of alkyl halides is 6. The number of methoxy groups -OCH3 is 2. The van der Waals surface area contributed by atoms with Gasteiger partial charge in [0.1, 0.15) is 32.8 Å². The quantitative estimate of drug-likeness (QED) is 0.0200. The number of hydrogen-bond acceptors (Lipinski definition) is 13. The van der Waals surface area contributed by atoms with Gasteiger partial charge in [-0.05, 0) is 228 Å². The van der Waals surface area contributed by atoms with Gasteiger partial charge < -0.3 is 74.7 Å². The molecule has 0 amide bonds. The number of anilines is 4. The summed E-state index contributed by atoms with van der Waals surface area (Å²) in [7, 11) is -9.47. The third-order valence-corrected chi connectivity index (χ3v) is 35.9. The molecule has 12 aromatic carbocycles. The van der Waals surface area contributed by atoms with Gasteiger partial charge in [0.05, 0.1) is 23.1 Å². The zero-order valence-electron chi connectivity index (χ0n) is 83.3. The van der Waals surface area contributed by atoms with Gasteiger partial charge in [-0.3, -0.25) is 16.8 Å². The van der Waals surface area contributed by atoms with E-state index in [1.165, 1.54) is 150 Å². The standard InChI is InChI=1S/C57H60N3.C44H48ClN2O2.2C6H4Cl2S2.C4H3F6O4S2.Ni/c1-7-9-39-58-49-35-31-41-21-17-19-27-47(41)53(49)56(3,4)51(58)37-33-43-29-30-44(55(43)60(45-23-13-11-14-24-45)46-25-15-12-16-26-46)34-38-52-57(5,6)54-48-28-20-18-22-42(48)32-36-50(54)59(52)40-10-8-2;1-43(2)38(46(26-28-48-5)36-22-18-30-12-7-9-16-34(30)40(36)43)24-20-32-14-11-15-33(42(32)45)21-25-39-44(3,4)41-35-17-10-8-13-31(35)19-23-37(41)47(39)27-29-49-6;2*7-3-1-2-4(8)6(10)5(3)9;1-2(15(11,12)3(5,6)7)16(13,14)4(8,9)10;/h11-28,31-38H,7-10,29-30,39-40H2,1-6H3;7-10,12-13,16-25H,11,14-15,26-29H2,1-6H3;2*1-2,9-10H;1H3;/q2*+1;;;-1;+3/p-4. The van der Waals surface area contributed by atoms with Gasteiger partial charge in [-0.2, -0.15) is 62.0 Å². The SMILES string of the molecule is CCCCN1/C(=C/C=C2\CCC(/C=C/C3=[N+](CCCC)c4ccc5ccccc5c4C3(C)C)=C2N(c2ccccc2)c2ccccc2)C(C)(C)c2c1ccc1ccccc21.COCCN1/C(=C/C=C2\CCCC(/C=C/C3=[N+](CCOC)c4ccc5ccccc5c4C3(C)C)=C2Cl)C(C)(C)c2c1ccc1ccccc21.C[C-](S(=O)(=O)C(F)(F)F)S(=O)(=O)C(F)(F)F.[Ni+3].[S-]c1c(Cl)ccc(Cl)c1[S-].[S-]c1c(Cl)ccc(Cl)c1[S-]. The van der Waals surface area contributed by atoms with Gasteiger partial charge in [0.25, 0.3) is 0 Å². The smallest absolute Gasteiger partial charge is 0.780 e. The van der Waals surface area contributed by atoms with E-state index in [0.29, 0.717) is 52.9 Å². The average molecular weight is 2230 g/mol. The van der Waals surface area contributed by atoms with Gasteiger partial charge in [0.15, 0.2) is 18.0 Å². The molecular formula is C117H115Cl5F6N5NiO6S6. The van der Waals surface area contributed by atoms with Crippen LogP contribution in [-0.4, -0.2) is 102 Å². The number of sulfone groups is 2. The fraction of sp³-hybridized carbons (Fsp3) is 0.291.